The van der Waals surface area contributed by atoms with E-state index in [1.165, 1.54) is 4.90 Å². The predicted molar refractivity (Wildman–Crippen MR) is 77.5 cm³/mol. The molecule has 0 unspecified atom stereocenters. The highest BCUT2D eigenvalue weighted by atomic mass is 79.9. The van der Waals surface area contributed by atoms with E-state index in [0.717, 1.165) is 22.5 Å². The molecule has 0 spiro atoms. The van der Waals surface area contributed by atoms with Crippen molar-refractivity contribution in [1.82, 2.24) is 4.98 Å². The van der Waals surface area contributed by atoms with Crippen molar-refractivity contribution >= 4 is 33.4 Å². The van der Waals surface area contributed by atoms with Crippen LogP contribution in [-0.2, 0) is 6.54 Å². The number of benzene rings is 1. The molecule has 1 heterocycles. The van der Waals surface area contributed by atoms with Gasteiger partial charge in [-0.3, -0.25) is 0 Å². The van der Waals surface area contributed by atoms with Gasteiger partial charge >= 0.3 is 0 Å². The Morgan fingerprint density at radius 2 is 2.06 bits per heavy atom. The summed E-state index contributed by atoms with van der Waals surface area (Å²) in [4.78, 5) is 5.64. The Kier molecular flexibility index (Phi) is 4.45. The lowest BCUT2D eigenvalue weighted by Crippen LogP contribution is -2.01. The number of pyridine rings is 1. The van der Waals surface area contributed by atoms with E-state index in [4.69, 9.17) is 0 Å². The first-order valence-corrected chi connectivity index (χ1v) is 7.29. The van der Waals surface area contributed by atoms with Crippen molar-refractivity contribution in [3.8, 4) is 0 Å². The molecule has 0 aliphatic carbocycles. The van der Waals surface area contributed by atoms with Gasteiger partial charge in [-0.15, -0.1) is 11.8 Å². The number of aromatic nitrogens is 1. The standard InChI is InChI=1S/C13H13BrN2S/c1-17-12-6-2-4-10(8-12)15-9-11-5-3-7-13(14)16-11/h2-8,15H,9H2,1H3. The monoisotopic (exact) mass is 308 g/mol. The van der Waals surface area contributed by atoms with Gasteiger partial charge in [0.2, 0.25) is 0 Å². The van der Waals surface area contributed by atoms with Gasteiger partial charge in [0.1, 0.15) is 4.60 Å². The van der Waals surface area contributed by atoms with Crippen LogP contribution >= 0.6 is 27.7 Å². The molecule has 0 saturated carbocycles. The Morgan fingerprint density at radius 3 is 2.82 bits per heavy atom. The van der Waals surface area contributed by atoms with Gasteiger partial charge in [0.05, 0.1) is 12.2 Å². The van der Waals surface area contributed by atoms with Crippen LogP contribution in [0.4, 0.5) is 5.69 Å². The Hall–Kier alpha value is -1.000. The lowest BCUT2D eigenvalue weighted by molar-refractivity contribution is 1.03. The van der Waals surface area contributed by atoms with Crippen LogP contribution < -0.4 is 5.32 Å². The Balaban J connectivity index is 2.02. The molecule has 0 aliphatic heterocycles. The molecule has 0 saturated heterocycles. The molecular weight excluding hydrogens is 296 g/mol. The third-order valence-corrected chi connectivity index (χ3v) is 3.48. The quantitative estimate of drug-likeness (QED) is 0.677. The minimum absolute atomic E-state index is 0.733. The topological polar surface area (TPSA) is 24.9 Å². The second-order valence-electron chi connectivity index (χ2n) is 3.54. The number of hydrogen-bond acceptors (Lipinski definition) is 3. The highest BCUT2D eigenvalue weighted by molar-refractivity contribution is 9.10. The van der Waals surface area contributed by atoms with Crippen molar-refractivity contribution in [1.29, 1.82) is 0 Å². The number of rotatable bonds is 4. The zero-order chi connectivity index (χ0) is 12.1. The number of nitrogens with one attached hydrogen (secondary N) is 1. The van der Waals surface area contributed by atoms with Gasteiger partial charge in [-0.1, -0.05) is 12.1 Å². The fraction of sp³-hybridized carbons (Fsp3) is 0.154. The second kappa shape index (κ2) is 6.07. The SMILES string of the molecule is CSc1cccc(NCc2cccc(Br)n2)c1. The summed E-state index contributed by atoms with van der Waals surface area (Å²) in [7, 11) is 0. The fourth-order valence-electron chi connectivity index (χ4n) is 1.47. The molecule has 0 amide bonds. The second-order valence-corrected chi connectivity index (χ2v) is 5.23. The van der Waals surface area contributed by atoms with Crippen molar-refractivity contribution in [3.05, 3.63) is 52.8 Å². The highest BCUT2D eigenvalue weighted by Gasteiger charge is 1.97. The number of halogens is 1. The van der Waals surface area contributed by atoms with Crippen molar-refractivity contribution in [2.45, 2.75) is 11.4 Å². The van der Waals surface area contributed by atoms with Crippen LogP contribution in [0.2, 0.25) is 0 Å². The van der Waals surface area contributed by atoms with E-state index in [1.54, 1.807) is 11.8 Å². The lowest BCUT2D eigenvalue weighted by atomic mass is 10.3. The third-order valence-electron chi connectivity index (χ3n) is 2.32. The van der Waals surface area contributed by atoms with Crippen LogP contribution in [0, 0.1) is 0 Å². The summed E-state index contributed by atoms with van der Waals surface area (Å²) in [5.74, 6) is 0. The van der Waals surface area contributed by atoms with Crippen LogP contribution in [0.5, 0.6) is 0 Å². The molecule has 88 valence electrons. The van der Waals surface area contributed by atoms with Crippen LogP contribution in [0.3, 0.4) is 0 Å². The van der Waals surface area contributed by atoms with E-state index in [-0.39, 0.29) is 0 Å². The van der Waals surface area contributed by atoms with E-state index >= 15 is 0 Å². The van der Waals surface area contributed by atoms with E-state index < -0.39 is 0 Å². The van der Waals surface area contributed by atoms with E-state index in [0.29, 0.717) is 0 Å². The zero-order valence-corrected chi connectivity index (χ0v) is 11.9. The zero-order valence-electron chi connectivity index (χ0n) is 9.48. The summed E-state index contributed by atoms with van der Waals surface area (Å²) in [6.07, 6.45) is 2.08. The maximum Gasteiger partial charge on any atom is 0.106 e. The van der Waals surface area contributed by atoms with Gasteiger partial charge < -0.3 is 5.32 Å². The summed E-state index contributed by atoms with van der Waals surface area (Å²) in [5.41, 5.74) is 2.15. The van der Waals surface area contributed by atoms with E-state index in [9.17, 15) is 0 Å². The molecule has 2 aromatic rings. The average molecular weight is 309 g/mol. The minimum atomic E-state index is 0.733. The normalized spacial score (nSPS) is 10.2. The number of hydrogen-bond donors (Lipinski definition) is 1. The minimum Gasteiger partial charge on any atom is -0.379 e. The molecule has 0 atom stereocenters. The molecule has 4 heteroatoms. The predicted octanol–water partition coefficient (Wildman–Crippen LogP) is 4.18. The molecule has 1 N–H and O–H groups in total. The average Bonchev–Trinajstić information content (AvgIpc) is 2.37. The molecule has 0 fully saturated rings. The maximum absolute atomic E-state index is 4.38. The number of nitrogens with zero attached hydrogens (tertiary/aromatic N) is 1. The maximum atomic E-state index is 4.38. The van der Waals surface area contributed by atoms with Crippen molar-refractivity contribution in [2.24, 2.45) is 0 Å². The summed E-state index contributed by atoms with van der Waals surface area (Å²) in [6, 6.07) is 14.3. The molecule has 0 aliphatic rings. The molecule has 0 radical (unpaired) electrons. The van der Waals surface area contributed by atoms with Gasteiger partial charge in [-0.25, -0.2) is 4.98 Å². The number of thioether (sulfide) groups is 1. The summed E-state index contributed by atoms with van der Waals surface area (Å²) in [6.45, 7) is 0.733. The van der Waals surface area contributed by atoms with Crippen LogP contribution in [0.15, 0.2) is 52.0 Å². The molecule has 2 nitrogen and oxygen atoms in total. The first-order valence-electron chi connectivity index (χ1n) is 5.27. The fourth-order valence-corrected chi connectivity index (χ4v) is 2.31. The Labute approximate surface area is 114 Å². The van der Waals surface area contributed by atoms with Crippen LogP contribution in [0.1, 0.15) is 5.69 Å². The van der Waals surface area contributed by atoms with Gasteiger partial charge in [0, 0.05) is 10.6 Å². The smallest absolute Gasteiger partial charge is 0.106 e. The van der Waals surface area contributed by atoms with Gasteiger partial charge in [-0.2, -0.15) is 0 Å². The molecule has 1 aromatic carbocycles. The summed E-state index contributed by atoms with van der Waals surface area (Å²) < 4.78 is 0.870. The van der Waals surface area contributed by atoms with Gasteiger partial charge in [0.25, 0.3) is 0 Å². The van der Waals surface area contributed by atoms with Gasteiger partial charge in [0.15, 0.2) is 0 Å². The molecular formula is C13H13BrN2S. The van der Waals surface area contributed by atoms with Crippen molar-refractivity contribution in [2.75, 3.05) is 11.6 Å². The summed E-state index contributed by atoms with van der Waals surface area (Å²) >= 11 is 5.11. The molecule has 17 heavy (non-hydrogen) atoms. The Bertz CT molecular complexity index is 502. The Morgan fingerprint density at radius 1 is 1.24 bits per heavy atom. The summed E-state index contributed by atoms with van der Waals surface area (Å²) in [5, 5.41) is 3.37. The van der Waals surface area contributed by atoms with Crippen LogP contribution in [0.25, 0.3) is 0 Å². The van der Waals surface area contributed by atoms with Crippen molar-refractivity contribution < 1.29 is 0 Å². The van der Waals surface area contributed by atoms with Gasteiger partial charge in [-0.05, 0) is 52.5 Å². The molecule has 2 rings (SSSR count). The highest BCUT2D eigenvalue weighted by Crippen LogP contribution is 2.19. The van der Waals surface area contributed by atoms with E-state index in [1.807, 2.05) is 18.2 Å². The lowest BCUT2D eigenvalue weighted by Gasteiger charge is -2.07. The molecule has 0 bridgehead atoms. The third kappa shape index (κ3) is 3.75. The number of anilines is 1. The largest absolute Gasteiger partial charge is 0.379 e. The first-order chi connectivity index (χ1) is 8.28. The van der Waals surface area contributed by atoms with E-state index in [2.05, 4.69) is 56.8 Å². The van der Waals surface area contributed by atoms with Crippen molar-refractivity contribution in [3.63, 3.8) is 0 Å². The van der Waals surface area contributed by atoms with Crippen LogP contribution in [-0.4, -0.2) is 11.2 Å². The molecule has 1 aromatic heterocycles. The first kappa shape index (κ1) is 12.5.